The molecule has 4 atom stereocenters. The number of amides is 5. The summed E-state index contributed by atoms with van der Waals surface area (Å²) in [5.74, 6) is -5.84. The summed E-state index contributed by atoms with van der Waals surface area (Å²) in [4.78, 5) is 69.9. The van der Waals surface area contributed by atoms with Crippen LogP contribution in [0.1, 0.15) is 25.7 Å². The molecule has 0 bridgehead atoms. The number of aliphatic carboxylic acids is 1. The zero-order valence-electron chi connectivity index (χ0n) is 16.6. The minimum Gasteiger partial charge on any atom is -0.480 e. The molecule has 11 N–H and O–H groups in total. The van der Waals surface area contributed by atoms with Crippen molar-refractivity contribution in [3.63, 3.8) is 0 Å². The second-order valence-corrected chi connectivity index (χ2v) is 6.87. The number of aliphatic hydroxyl groups is 1. The van der Waals surface area contributed by atoms with Crippen molar-refractivity contribution >= 4 is 48.1 Å². The molecule has 0 radical (unpaired) electrons. The van der Waals surface area contributed by atoms with Gasteiger partial charge in [-0.05, 0) is 12.8 Å². The van der Waals surface area contributed by atoms with Gasteiger partial charge < -0.3 is 43.4 Å². The molecule has 0 spiro atoms. The molecule has 0 rings (SSSR count). The van der Waals surface area contributed by atoms with Gasteiger partial charge in [0.05, 0.1) is 6.61 Å². The number of carbonyl (C=O) groups excluding carboxylic acids is 5. The third kappa shape index (κ3) is 11.2. The van der Waals surface area contributed by atoms with Crippen molar-refractivity contribution in [1.29, 1.82) is 0 Å². The van der Waals surface area contributed by atoms with Gasteiger partial charge in [-0.2, -0.15) is 12.6 Å². The van der Waals surface area contributed by atoms with Crippen LogP contribution < -0.4 is 33.2 Å². The van der Waals surface area contributed by atoms with Crippen molar-refractivity contribution in [1.82, 2.24) is 16.0 Å². The second kappa shape index (κ2) is 14.2. The van der Waals surface area contributed by atoms with Crippen molar-refractivity contribution in [2.45, 2.75) is 49.9 Å². The summed E-state index contributed by atoms with van der Waals surface area (Å²) in [5, 5.41) is 24.8. The standard InChI is InChI=1S/C16H28N6O8S/c17-7(5-23)13(26)20-8(1-3-11(18)24)14(27)22-10(6-31)15(28)21-9(16(29)30)2-4-12(19)25/h7-10,23,31H,1-6,17H2,(H2,18,24)(H2,19,25)(H,20,26)(H,21,28)(H,22,27)(H,29,30). The molecule has 4 unspecified atom stereocenters. The molecule has 0 fully saturated rings. The minimum absolute atomic E-state index is 0.220. The van der Waals surface area contributed by atoms with Gasteiger partial charge in [0, 0.05) is 18.6 Å². The van der Waals surface area contributed by atoms with E-state index in [1.165, 1.54) is 0 Å². The number of carbonyl (C=O) groups is 6. The number of carboxylic acid groups (broad SMARTS) is 1. The average Bonchev–Trinajstić information content (AvgIpc) is 2.70. The predicted octanol–water partition coefficient (Wildman–Crippen LogP) is -4.69. The summed E-state index contributed by atoms with van der Waals surface area (Å²) in [6.45, 7) is -0.695. The molecule has 0 aliphatic carbocycles. The van der Waals surface area contributed by atoms with Crippen LogP contribution in [0, 0.1) is 0 Å². The van der Waals surface area contributed by atoms with Crippen molar-refractivity contribution in [2.75, 3.05) is 12.4 Å². The highest BCUT2D eigenvalue weighted by molar-refractivity contribution is 7.80. The first-order valence-electron chi connectivity index (χ1n) is 9.10. The Hall–Kier alpha value is -2.91. The van der Waals surface area contributed by atoms with Crippen LogP contribution in [0.4, 0.5) is 0 Å². The maximum Gasteiger partial charge on any atom is 0.326 e. The van der Waals surface area contributed by atoms with Gasteiger partial charge in [-0.1, -0.05) is 0 Å². The fourth-order valence-electron chi connectivity index (χ4n) is 2.20. The third-order valence-corrected chi connectivity index (χ3v) is 4.32. The van der Waals surface area contributed by atoms with Crippen LogP contribution in [-0.2, 0) is 28.8 Å². The largest absolute Gasteiger partial charge is 0.480 e. The van der Waals surface area contributed by atoms with Crippen LogP contribution in [0.2, 0.25) is 0 Å². The molecular formula is C16H28N6O8S. The predicted molar refractivity (Wildman–Crippen MR) is 109 cm³/mol. The quantitative estimate of drug-likeness (QED) is 0.105. The third-order valence-electron chi connectivity index (χ3n) is 3.96. The van der Waals surface area contributed by atoms with Gasteiger partial charge in [0.1, 0.15) is 24.2 Å². The summed E-state index contributed by atoms with van der Waals surface area (Å²) in [5.41, 5.74) is 15.4. The molecular weight excluding hydrogens is 436 g/mol. The number of rotatable bonds is 15. The number of aliphatic hydroxyl groups excluding tert-OH is 1. The average molecular weight is 465 g/mol. The zero-order valence-corrected chi connectivity index (χ0v) is 17.5. The highest BCUT2D eigenvalue weighted by atomic mass is 32.1. The molecule has 14 nitrogen and oxygen atoms in total. The molecule has 0 aliphatic heterocycles. The Morgan fingerprint density at radius 3 is 1.61 bits per heavy atom. The van der Waals surface area contributed by atoms with Gasteiger partial charge in [0.2, 0.25) is 29.5 Å². The van der Waals surface area contributed by atoms with Crippen LogP contribution >= 0.6 is 12.6 Å². The minimum atomic E-state index is -1.44. The summed E-state index contributed by atoms with van der Waals surface area (Å²) in [6.07, 6.45) is -1.05. The van der Waals surface area contributed by atoms with Crippen molar-refractivity contribution in [2.24, 2.45) is 17.2 Å². The lowest BCUT2D eigenvalue weighted by atomic mass is 10.1. The van der Waals surface area contributed by atoms with E-state index in [-0.39, 0.29) is 31.4 Å². The summed E-state index contributed by atoms with van der Waals surface area (Å²) in [6, 6.07) is -5.40. The summed E-state index contributed by atoms with van der Waals surface area (Å²) < 4.78 is 0. The normalized spacial score (nSPS) is 14.4. The van der Waals surface area contributed by atoms with Gasteiger partial charge in [-0.3, -0.25) is 24.0 Å². The molecule has 0 aromatic carbocycles. The molecule has 15 heteroatoms. The first-order chi connectivity index (χ1) is 14.4. The lowest BCUT2D eigenvalue weighted by Gasteiger charge is -2.24. The number of nitrogens with one attached hydrogen (secondary N) is 3. The first-order valence-corrected chi connectivity index (χ1v) is 9.73. The Morgan fingerprint density at radius 2 is 1.19 bits per heavy atom. The maximum atomic E-state index is 12.5. The van der Waals surface area contributed by atoms with E-state index < -0.39 is 66.3 Å². The van der Waals surface area contributed by atoms with Crippen molar-refractivity contribution in [3.05, 3.63) is 0 Å². The Kier molecular flexibility index (Phi) is 12.8. The van der Waals surface area contributed by atoms with E-state index >= 15 is 0 Å². The Labute approximate surface area is 183 Å². The smallest absolute Gasteiger partial charge is 0.326 e. The lowest BCUT2D eigenvalue weighted by molar-refractivity contribution is -0.142. The van der Waals surface area contributed by atoms with Crippen LogP contribution in [0.15, 0.2) is 0 Å². The highest BCUT2D eigenvalue weighted by Crippen LogP contribution is 2.03. The molecule has 0 saturated heterocycles. The molecule has 0 heterocycles. The Morgan fingerprint density at radius 1 is 0.774 bits per heavy atom. The first kappa shape index (κ1) is 28.1. The fraction of sp³-hybridized carbons (Fsp3) is 0.625. The van der Waals surface area contributed by atoms with Crippen molar-refractivity contribution < 1.29 is 39.0 Å². The van der Waals surface area contributed by atoms with E-state index in [1.54, 1.807) is 0 Å². The van der Waals surface area contributed by atoms with E-state index in [2.05, 4.69) is 28.6 Å². The van der Waals surface area contributed by atoms with Gasteiger partial charge >= 0.3 is 5.97 Å². The van der Waals surface area contributed by atoms with E-state index in [0.29, 0.717) is 0 Å². The Balaban J connectivity index is 5.23. The number of nitrogens with two attached hydrogens (primary N) is 3. The van der Waals surface area contributed by atoms with Crippen LogP contribution in [0.3, 0.4) is 0 Å². The topological polar surface area (TPSA) is 257 Å². The molecule has 0 aromatic heterocycles. The maximum absolute atomic E-state index is 12.5. The van der Waals surface area contributed by atoms with Crippen LogP contribution in [0.25, 0.3) is 0 Å². The van der Waals surface area contributed by atoms with E-state index in [1.807, 2.05) is 0 Å². The number of hydrogen-bond donors (Lipinski definition) is 9. The summed E-state index contributed by atoms with van der Waals surface area (Å²) >= 11 is 3.95. The van der Waals surface area contributed by atoms with Gasteiger partial charge in [0.25, 0.3) is 0 Å². The molecule has 5 amide bonds. The van der Waals surface area contributed by atoms with Gasteiger partial charge in [0.15, 0.2) is 0 Å². The van der Waals surface area contributed by atoms with Crippen LogP contribution in [0.5, 0.6) is 0 Å². The second-order valence-electron chi connectivity index (χ2n) is 6.50. The van der Waals surface area contributed by atoms with E-state index in [4.69, 9.17) is 27.4 Å². The number of primary amides is 2. The fourth-order valence-corrected chi connectivity index (χ4v) is 2.46. The number of thiol groups is 1. The molecule has 31 heavy (non-hydrogen) atoms. The van der Waals surface area contributed by atoms with Gasteiger partial charge in [-0.25, -0.2) is 4.79 Å². The van der Waals surface area contributed by atoms with Gasteiger partial charge in [-0.15, -0.1) is 0 Å². The highest BCUT2D eigenvalue weighted by Gasteiger charge is 2.29. The SMILES string of the molecule is NC(=O)CCC(NC(=O)C(CS)NC(=O)C(CCC(N)=O)NC(=O)C(N)CO)C(=O)O. The molecule has 0 aromatic rings. The van der Waals surface area contributed by atoms with Crippen molar-refractivity contribution in [3.8, 4) is 0 Å². The number of hydrogen-bond acceptors (Lipinski definition) is 9. The lowest BCUT2D eigenvalue weighted by Crippen LogP contribution is -2.58. The number of carboxylic acids is 1. The van der Waals surface area contributed by atoms with Crippen LogP contribution in [-0.4, -0.2) is 82.2 Å². The van der Waals surface area contributed by atoms with E-state index in [0.717, 1.165) is 0 Å². The molecule has 176 valence electrons. The summed E-state index contributed by atoms with van der Waals surface area (Å²) in [7, 11) is 0. The molecule has 0 saturated carbocycles. The van der Waals surface area contributed by atoms with E-state index in [9.17, 15) is 28.8 Å². The Bertz CT molecular complexity index is 691. The molecule has 0 aliphatic rings. The monoisotopic (exact) mass is 464 g/mol. The zero-order chi connectivity index (χ0) is 24.1.